The Kier molecular flexibility index (Phi) is 3.25. The Morgan fingerprint density at radius 1 is 1.31 bits per heavy atom. The molecule has 0 bridgehead atoms. The minimum atomic E-state index is 0.814. The number of hydrogen-bond donors (Lipinski definition) is 1. The molecule has 0 radical (unpaired) electrons. The summed E-state index contributed by atoms with van der Waals surface area (Å²) in [5.74, 6) is 0.814. The van der Waals surface area contributed by atoms with Gasteiger partial charge in [0.1, 0.15) is 5.82 Å². The van der Waals surface area contributed by atoms with Crippen LogP contribution in [0.2, 0.25) is 0 Å². The van der Waals surface area contributed by atoms with Gasteiger partial charge in [0.2, 0.25) is 0 Å². The SMILES string of the molecule is Cc1ccnc(Nc2nc(C)c(C)s2)c1Br. The minimum absolute atomic E-state index is 0.814. The maximum atomic E-state index is 4.42. The summed E-state index contributed by atoms with van der Waals surface area (Å²) in [6.45, 7) is 6.11. The fourth-order valence-corrected chi connectivity index (χ4v) is 2.40. The second-order valence-electron chi connectivity index (χ2n) is 3.58. The first kappa shape index (κ1) is 11.5. The molecule has 0 atom stereocenters. The van der Waals surface area contributed by atoms with Crippen LogP contribution >= 0.6 is 27.3 Å². The molecule has 0 saturated heterocycles. The van der Waals surface area contributed by atoms with Crippen LogP contribution in [0.15, 0.2) is 16.7 Å². The van der Waals surface area contributed by atoms with Gasteiger partial charge in [-0.15, -0.1) is 11.3 Å². The summed E-state index contributed by atoms with van der Waals surface area (Å²) in [7, 11) is 0. The largest absolute Gasteiger partial charge is 0.315 e. The van der Waals surface area contributed by atoms with E-state index in [1.807, 2.05) is 19.9 Å². The Morgan fingerprint density at radius 3 is 2.69 bits per heavy atom. The van der Waals surface area contributed by atoms with Gasteiger partial charge in [-0.05, 0) is 48.3 Å². The molecule has 0 aliphatic carbocycles. The lowest BCUT2D eigenvalue weighted by Crippen LogP contribution is -1.95. The molecule has 3 nitrogen and oxygen atoms in total. The standard InChI is InChI=1S/C11H12BrN3S/c1-6-4-5-13-10(9(6)12)15-11-14-7(2)8(3)16-11/h4-5H,1-3H3,(H,13,14,15). The number of halogens is 1. The second kappa shape index (κ2) is 4.51. The molecule has 0 spiro atoms. The van der Waals surface area contributed by atoms with Gasteiger partial charge in [-0.2, -0.15) is 0 Å². The van der Waals surface area contributed by atoms with Gasteiger partial charge in [-0.1, -0.05) is 0 Å². The maximum Gasteiger partial charge on any atom is 0.188 e. The molecular formula is C11H12BrN3S. The van der Waals surface area contributed by atoms with Gasteiger partial charge in [0, 0.05) is 11.1 Å². The van der Waals surface area contributed by atoms with Crippen molar-refractivity contribution in [2.24, 2.45) is 0 Å². The molecular weight excluding hydrogens is 286 g/mol. The number of aryl methyl sites for hydroxylation is 3. The molecule has 0 aromatic carbocycles. The highest BCUT2D eigenvalue weighted by Gasteiger charge is 2.08. The van der Waals surface area contributed by atoms with Crippen LogP contribution in [0, 0.1) is 20.8 Å². The van der Waals surface area contributed by atoms with Crippen LogP contribution in [0.5, 0.6) is 0 Å². The van der Waals surface area contributed by atoms with Crippen molar-refractivity contribution >= 4 is 38.2 Å². The fourth-order valence-electron chi connectivity index (χ4n) is 1.25. The van der Waals surface area contributed by atoms with Crippen molar-refractivity contribution < 1.29 is 0 Å². The van der Waals surface area contributed by atoms with Crippen molar-refractivity contribution in [3.05, 3.63) is 32.9 Å². The van der Waals surface area contributed by atoms with Crippen molar-refractivity contribution in [3.8, 4) is 0 Å². The van der Waals surface area contributed by atoms with E-state index in [9.17, 15) is 0 Å². The predicted molar refractivity (Wildman–Crippen MR) is 71.5 cm³/mol. The van der Waals surface area contributed by atoms with Gasteiger partial charge in [0.05, 0.1) is 10.2 Å². The number of hydrogen-bond acceptors (Lipinski definition) is 4. The number of pyridine rings is 1. The summed E-state index contributed by atoms with van der Waals surface area (Å²) in [6, 6.07) is 1.97. The van der Waals surface area contributed by atoms with E-state index in [4.69, 9.17) is 0 Å². The Morgan fingerprint density at radius 2 is 2.06 bits per heavy atom. The van der Waals surface area contributed by atoms with E-state index in [0.717, 1.165) is 26.7 Å². The summed E-state index contributed by atoms with van der Waals surface area (Å²) in [5.41, 5.74) is 2.22. The van der Waals surface area contributed by atoms with Crippen LogP contribution in [0.25, 0.3) is 0 Å². The number of anilines is 2. The van der Waals surface area contributed by atoms with Crippen LogP contribution < -0.4 is 5.32 Å². The highest BCUT2D eigenvalue weighted by molar-refractivity contribution is 9.10. The van der Waals surface area contributed by atoms with E-state index in [1.54, 1.807) is 17.5 Å². The van der Waals surface area contributed by atoms with Crippen LogP contribution in [-0.2, 0) is 0 Å². The van der Waals surface area contributed by atoms with Crippen LogP contribution in [-0.4, -0.2) is 9.97 Å². The number of nitrogens with one attached hydrogen (secondary N) is 1. The van der Waals surface area contributed by atoms with Crippen LogP contribution in [0.4, 0.5) is 10.9 Å². The minimum Gasteiger partial charge on any atom is -0.315 e. The third kappa shape index (κ3) is 2.25. The van der Waals surface area contributed by atoms with E-state index in [-0.39, 0.29) is 0 Å². The molecule has 5 heteroatoms. The Bertz CT molecular complexity index is 502. The zero-order valence-corrected chi connectivity index (χ0v) is 11.7. The summed E-state index contributed by atoms with van der Waals surface area (Å²) in [5, 5.41) is 4.11. The first-order valence-corrected chi connectivity index (χ1v) is 6.51. The first-order valence-electron chi connectivity index (χ1n) is 4.90. The average Bonchev–Trinajstić information content (AvgIpc) is 2.54. The molecule has 2 rings (SSSR count). The van der Waals surface area contributed by atoms with Crippen molar-refractivity contribution in [1.82, 2.24) is 9.97 Å². The van der Waals surface area contributed by atoms with Crippen molar-refractivity contribution in [2.75, 3.05) is 5.32 Å². The molecule has 0 unspecified atom stereocenters. The van der Waals surface area contributed by atoms with Crippen LogP contribution in [0.1, 0.15) is 16.1 Å². The smallest absolute Gasteiger partial charge is 0.188 e. The molecule has 2 aromatic heterocycles. The van der Waals surface area contributed by atoms with Gasteiger partial charge in [-0.3, -0.25) is 0 Å². The summed E-state index contributed by atoms with van der Waals surface area (Å²) in [6.07, 6.45) is 1.79. The Hall–Kier alpha value is -0.940. The maximum absolute atomic E-state index is 4.42. The lowest BCUT2D eigenvalue weighted by molar-refractivity contribution is 1.20. The van der Waals surface area contributed by atoms with Gasteiger partial charge < -0.3 is 5.32 Å². The predicted octanol–water partition coefficient (Wildman–Crippen LogP) is 3.97. The first-order chi connectivity index (χ1) is 7.58. The Labute approximate surface area is 107 Å². The number of thiazole rings is 1. The van der Waals surface area contributed by atoms with Crippen molar-refractivity contribution in [3.63, 3.8) is 0 Å². The Balaban J connectivity index is 2.30. The summed E-state index contributed by atoms with van der Waals surface area (Å²) in [4.78, 5) is 9.93. The zero-order valence-electron chi connectivity index (χ0n) is 9.34. The molecule has 2 heterocycles. The van der Waals surface area contributed by atoms with Gasteiger partial charge in [0.15, 0.2) is 5.13 Å². The third-order valence-corrected chi connectivity index (χ3v) is 4.33. The third-order valence-electron chi connectivity index (χ3n) is 2.34. The molecule has 16 heavy (non-hydrogen) atoms. The van der Waals surface area contributed by atoms with E-state index < -0.39 is 0 Å². The monoisotopic (exact) mass is 297 g/mol. The second-order valence-corrected chi connectivity index (χ2v) is 5.57. The fraction of sp³-hybridized carbons (Fsp3) is 0.273. The number of aromatic nitrogens is 2. The summed E-state index contributed by atoms with van der Waals surface area (Å²) >= 11 is 5.16. The highest BCUT2D eigenvalue weighted by Crippen LogP contribution is 2.29. The molecule has 84 valence electrons. The highest BCUT2D eigenvalue weighted by atomic mass is 79.9. The van der Waals surface area contributed by atoms with Gasteiger partial charge in [0.25, 0.3) is 0 Å². The van der Waals surface area contributed by atoms with E-state index in [1.165, 1.54) is 4.88 Å². The molecule has 1 N–H and O–H groups in total. The lowest BCUT2D eigenvalue weighted by Gasteiger charge is -2.05. The van der Waals surface area contributed by atoms with Crippen LogP contribution in [0.3, 0.4) is 0 Å². The molecule has 2 aromatic rings. The van der Waals surface area contributed by atoms with E-state index >= 15 is 0 Å². The normalized spacial score (nSPS) is 10.5. The molecule has 0 fully saturated rings. The molecule has 0 amide bonds. The average molecular weight is 298 g/mol. The van der Waals surface area contributed by atoms with Gasteiger partial charge in [-0.25, -0.2) is 9.97 Å². The van der Waals surface area contributed by atoms with Gasteiger partial charge >= 0.3 is 0 Å². The molecule has 0 saturated carbocycles. The van der Waals surface area contributed by atoms with Crippen molar-refractivity contribution in [1.29, 1.82) is 0 Å². The quantitative estimate of drug-likeness (QED) is 0.911. The van der Waals surface area contributed by atoms with E-state index in [0.29, 0.717) is 0 Å². The van der Waals surface area contributed by atoms with Crippen molar-refractivity contribution in [2.45, 2.75) is 20.8 Å². The molecule has 0 aliphatic heterocycles. The number of nitrogens with zero attached hydrogens (tertiary/aromatic N) is 2. The summed E-state index contributed by atoms with van der Waals surface area (Å²) < 4.78 is 0.987. The number of rotatable bonds is 2. The topological polar surface area (TPSA) is 37.8 Å². The lowest BCUT2D eigenvalue weighted by atomic mass is 10.3. The van der Waals surface area contributed by atoms with E-state index in [2.05, 4.69) is 38.1 Å². The molecule has 0 aliphatic rings. The zero-order chi connectivity index (χ0) is 11.7.